The lowest BCUT2D eigenvalue weighted by atomic mass is 10.1. The second-order valence-electron chi connectivity index (χ2n) is 5.19. The molecular formula is C17H18N2O5. The van der Waals surface area contributed by atoms with E-state index in [0.29, 0.717) is 12.1 Å². The summed E-state index contributed by atoms with van der Waals surface area (Å²) in [5.74, 6) is -0.783. The van der Waals surface area contributed by atoms with E-state index in [9.17, 15) is 20.0 Å². The normalized spacial score (nSPS) is 11.6. The Bertz CT molecular complexity index is 718. The molecule has 126 valence electrons. The van der Waals surface area contributed by atoms with Crippen LogP contribution in [0.15, 0.2) is 48.5 Å². The summed E-state index contributed by atoms with van der Waals surface area (Å²) >= 11 is 0. The van der Waals surface area contributed by atoms with Crippen LogP contribution in [0.25, 0.3) is 0 Å². The standard InChI is InChI=1S/C17H18N2O5/c1-24-17(21)15-10-13(7-8-16(15)19(22)23)18-14(11-20)9-12-5-3-2-4-6-12/h2-8,10,14,18,20H,9,11H2,1H3. The first kappa shape index (κ1) is 17.4. The average molecular weight is 330 g/mol. The summed E-state index contributed by atoms with van der Waals surface area (Å²) in [7, 11) is 1.16. The third-order valence-corrected chi connectivity index (χ3v) is 3.51. The number of nitrogens with zero attached hydrogens (tertiary/aromatic N) is 1. The molecule has 0 fully saturated rings. The highest BCUT2D eigenvalue weighted by Crippen LogP contribution is 2.24. The average Bonchev–Trinajstić information content (AvgIpc) is 2.61. The predicted octanol–water partition coefficient (Wildman–Crippen LogP) is 2.40. The van der Waals surface area contributed by atoms with Crippen molar-refractivity contribution >= 4 is 17.3 Å². The quantitative estimate of drug-likeness (QED) is 0.459. The molecule has 0 saturated carbocycles. The van der Waals surface area contributed by atoms with Crippen molar-refractivity contribution in [3.05, 3.63) is 69.8 Å². The number of hydrogen-bond donors (Lipinski definition) is 2. The highest BCUT2D eigenvalue weighted by Gasteiger charge is 2.22. The third-order valence-electron chi connectivity index (χ3n) is 3.51. The van der Waals surface area contributed by atoms with Gasteiger partial charge in [-0.2, -0.15) is 0 Å². The Morgan fingerprint density at radius 2 is 2.00 bits per heavy atom. The fraction of sp³-hybridized carbons (Fsp3) is 0.235. The van der Waals surface area contributed by atoms with Gasteiger partial charge in [0.05, 0.1) is 24.7 Å². The van der Waals surface area contributed by atoms with Crippen LogP contribution in [-0.2, 0) is 11.2 Å². The van der Waals surface area contributed by atoms with Crippen molar-refractivity contribution in [2.45, 2.75) is 12.5 Å². The maximum atomic E-state index is 11.7. The van der Waals surface area contributed by atoms with Crippen LogP contribution in [0.1, 0.15) is 15.9 Å². The summed E-state index contributed by atoms with van der Waals surface area (Å²) in [5, 5.41) is 23.6. The van der Waals surface area contributed by atoms with Gasteiger partial charge in [-0.1, -0.05) is 30.3 Å². The van der Waals surface area contributed by atoms with Crippen molar-refractivity contribution in [3.63, 3.8) is 0 Å². The number of anilines is 1. The van der Waals surface area contributed by atoms with E-state index in [-0.39, 0.29) is 23.9 Å². The number of aliphatic hydroxyl groups excluding tert-OH is 1. The molecule has 2 aromatic carbocycles. The molecule has 1 atom stereocenters. The van der Waals surface area contributed by atoms with Crippen LogP contribution < -0.4 is 5.32 Å². The van der Waals surface area contributed by atoms with Crippen LogP contribution in [0, 0.1) is 10.1 Å². The maximum absolute atomic E-state index is 11.7. The molecule has 0 aromatic heterocycles. The Morgan fingerprint density at radius 1 is 1.29 bits per heavy atom. The summed E-state index contributed by atoms with van der Waals surface area (Å²) in [6.45, 7) is -0.126. The van der Waals surface area contributed by atoms with Crippen LogP contribution in [0.2, 0.25) is 0 Å². The smallest absolute Gasteiger partial charge is 0.344 e. The molecule has 0 bridgehead atoms. The highest BCUT2D eigenvalue weighted by atomic mass is 16.6. The lowest BCUT2D eigenvalue weighted by Crippen LogP contribution is -2.26. The first-order chi connectivity index (χ1) is 11.5. The Balaban J connectivity index is 2.21. The summed E-state index contributed by atoms with van der Waals surface area (Å²) in [4.78, 5) is 22.1. The molecule has 0 aliphatic rings. The van der Waals surface area contributed by atoms with E-state index >= 15 is 0 Å². The number of esters is 1. The molecule has 7 heteroatoms. The molecule has 0 heterocycles. The second-order valence-corrected chi connectivity index (χ2v) is 5.19. The zero-order valence-electron chi connectivity index (χ0n) is 13.1. The van der Waals surface area contributed by atoms with E-state index in [4.69, 9.17) is 0 Å². The number of benzene rings is 2. The Kier molecular flexibility index (Phi) is 5.86. The molecule has 24 heavy (non-hydrogen) atoms. The first-order valence-corrected chi connectivity index (χ1v) is 7.33. The minimum Gasteiger partial charge on any atom is -0.465 e. The number of methoxy groups -OCH3 is 1. The lowest BCUT2D eigenvalue weighted by molar-refractivity contribution is -0.385. The number of ether oxygens (including phenoxy) is 1. The van der Waals surface area contributed by atoms with Crippen LogP contribution >= 0.6 is 0 Å². The molecular weight excluding hydrogens is 312 g/mol. The number of aliphatic hydroxyl groups is 1. The van der Waals surface area contributed by atoms with Crippen LogP contribution in [0.5, 0.6) is 0 Å². The summed E-state index contributed by atoms with van der Waals surface area (Å²) < 4.78 is 4.59. The first-order valence-electron chi connectivity index (χ1n) is 7.33. The fourth-order valence-electron chi connectivity index (χ4n) is 2.35. The molecule has 0 amide bonds. The lowest BCUT2D eigenvalue weighted by Gasteiger charge is -2.18. The van der Waals surface area contributed by atoms with Crippen LogP contribution in [0.4, 0.5) is 11.4 Å². The largest absolute Gasteiger partial charge is 0.465 e. The molecule has 1 unspecified atom stereocenters. The topological polar surface area (TPSA) is 102 Å². The number of hydrogen-bond acceptors (Lipinski definition) is 6. The molecule has 0 saturated heterocycles. The van der Waals surface area contributed by atoms with Gasteiger partial charge in [0.1, 0.15) is 5.56 Å². The SMILES string of the molecule is COC(=O)c1cc(NC(CO)Cc2ccccc2)ccc1[N+](=O)[O-]. The Morgan fingerprint density at radius 3 is 2.58 bits per heavy atom. The zero-order valence-corrected chi connectivity index (χ0v) is 13.1. The minimum atomic E-state index is -0.783. The van der Waals surface area contributed by atoms with Gasteiger partial charge in [-0.15, -0.1) is 0 Å². The summed E-state index contributed by atoms with van der Waals surface area (Å²) in [5.41, 5.74) is 1.08. The number of carbonyl (C=O) groups excluding carboxylic acids is 1. The number of nitro groups is 1. The summed E-state index contributed by atoms with van der Waals surface area (Å²) in [6, 6.07) is 13.4. The molecule has 2 aromatic rings. The van der Waals surface area contributed by atoms with Crippen molar-refractivity contribution in [1.29, 1.82) is 0 Å². The van der Waals surface area contributed by atoms with Gasteiger partial charge in [-0.3, -0.25) is 10.1 Å². The molecule has 0 radical (unpaired) electrons. The zero-order chi connectivity index (χ0) is 17.5. The minimum absolute atomic E-state index is 0.126. The van der Waals surface area contributed by atoms with Gasteiger partial charge in [-0.25, -0.2) is 4.79 Å². The number of nitrogens with one attached hydrogen (secondary N) is 1. The van der Waals surface area contributed by atoms with Gasteiger partial charge in [0, 0.05) is 11.8 Å². The van der Waals surface area contributed by atoms with Gasteiger partial charge < -0.3 is 15.2 Å². The highest BCUT2D eigenvalue weighted by molar-refractivity contribution is 5.95. The van der Waals surface area contributed by atoms with Gasteiger partial charge in [0.25, 0.3) is 5.69 Å². The van der Waals surface area contributed by atoms with Crippen LogP contribution in [0.3, 0.4) is 0 Å². The van der Waals surface area contributed by atoms with Crippen LogP contribution in [-0.4, -0.2) is 35.8 Å². The maximum Gasteiger partial charge on any atom is 0.344 e. The van der Waals surface area contributed by atoms with E-state index in [2.05, 4.69) is 10.1 Å². The van der Waals surface area contributed by atoms with Crippen molar-refractivity contribution in [2.24, 2.45) is 0 Å². The molecule has 2 N–H and O–H groups in total. The van der Waals surface area contributed by atoms with Gasteiger partial charge in [-0.05, 0) is 24.1 Å². The van der Waals surface area contributed by atoms with E-state index in [1.807, 2.05) is 30.3 Å². The Labute approximate surface area is 139 Å². The van der Waals surface area contributed by atoms with E-state index in [0.717, 1.165) is 12.7 Å². The Hall–Kier alpha value is -2.93. The van der Waals surface area contributed by atoms with Gasteiger partial charge in [0.15, 0.2) is 0 Å². The van der Waals surface area contributed by atoms with Crippen molar-refractivity contribution < 1.29 is 19.6 Å². The number of nitro benzene ring substituents is 1. The number of carbonyl (C=O) groups is 1. The fourth-order valence-corrected chi connectivity index (χ4v) is 2.35. The molecule has 2 rings (SSSR count). The second kappa shape index (κ2) is 8.07. The van der Waals surface area contributed by atoms with Crippen molar-refractivity contribution in [2.75, 3.05) is 19.0 Å². The van der Waals surface area contributed by atoms with E-state index < -0.39 is 10.9 Å². The number of rotatable bonds is 7. The van der Waals surface area contributed by atoms with Gasteiger partial charge in [0.2, 0.25) is 0 Å². The molecule has 0 spiro atoms. The molecule has 7 nitrogen and oxygen atoms in total. The predicted molar refractivity (Wildman–Crippen MR) is 89.1 cm³/mol. The monoisotopic (exact) mass is 330 g/mol. The molecule has 0 aliphatic heterocycles. The summed E-state index contributed by atoms with van der Waals surface area (Å²) in [6.07, 6.45) is 0.571. The van der Waals surface area contributed by atoms with E-state index in [1.165, 1.54) is 18.2 Å². The third kappa shape index (κ3) is 4.30. The van der Waals surface area contributed by atoms with Gasteiger partial charge >= 0.3 is 5.97 Å². The van der Waals surface area contributed by atoms with E-state index in [1.54, 1.807) is 0 Å². The molecule has 0 aliphatic carbocycles. The van der Waals surface area contributed by atoms with Crippen molar-refractivity contribution in [1.82, 2.24) is 0 Å². The van der Waals surface area contributed by atoms with Crippen molar-refractivity contribution in [3.8, 4) is 0 Å².